The summed E-state index contributed by atoms with van der Waals surface area (Å²) in [6.07, 6.45) is 0. The Labute approximate surface area is 138 Å². The van der Waals surface area contributed by atoms with E-state index in [-0.39, 0.29) is 41.9 Å². The van der Waals surface area contributed by atoms with Gasteiger partial charge in [-0.1, -0.05) is 58.0 Å². The van der Waals surface area contributed by atoms with Crippen molar-refractivity contribution in [1.29, 1.82) is 0 Å². The summed E-state index contributed by atoms with van der Waals surface area (Å²) in [5.41, 5.74) is 4.66. The van der Waals surface area contributed by atoms with Crippen molar-refractivity contribution < 1.29 is 8.78 Å². The van der Waals surface area contributed by atoms with Crippen LogP contribution < -0.4 is 5.73 Å². The van der Waals surface area contributed by atoms with E-state index in [9.17, 15) is 8.78 Å². The van der Waals surface area contributed by atoms with Gasteiger partial charge in [0, 0.05) is 17.2 Å². The lowest BCUT2D eigenvalue weighted by atomic mass is 10.0. The number of hydrogen-bond acceptors (Lipinski definition) is 1. The summed E-state index contributed by atoms with van der Waals surface area (Å²) in [5.74, 6) is -1.64. The van der Waals surface area contributed by atoms with E-state index in [1.165, 1.54) is 0 Å². The van der Waals surface area contributed by atoms with E-state index in [1.807, 2.05) is 0 Å². The van der Waals surface area contributed by atoms with E-state index in [2.05, 4.69) is 0 Å². The van der Waals surface area contributed by atoms with Crippen LogP contribution >= 0.6 is 58.0 Å². The fourth-order valence-corrected chi connectivity index (χ4v) is 2.94. The molecular formula is C12H4Cl5F2N. The van der Waals surface area contributed by atoms with E-state index in [4.69, 9.17) is 63.7 Å². The second-order valence-electron chi connectivity index (χ2n) is 3.80. The van der Waals surface area contributed by atoms with Crippen molar-refractivity contribution in [3.8, 4) is 11.1 Å². The molecule has 0 radical (unpaired) electrons. The van der Waals surface area contributed by atoms with Crippen molar-refractivity contribution in [2.45, 2.75) is 0 Å². The molecule has 20 heavy (non-hydrogen) atoms. The molecule has 0 aromatic heterocycles. The standard InChI is InChI=1S/C12H4Cl5F2N/c13-8-7(9(14)11(16)12(17)10(8)15)3-1-5(19)6(20)2-4(3)18/h1-2H,20H2. The Kier molecular flexibility index (Phi) is 4.57. The van der Waals surface area contributed by atoms with Crippen molar-refractivity contribution in [1.82, 2.24) is 0 Å². The van der Waals surface area contributed by atoms with Gasteiger partial charge in [0.15, 0.2) is 0 Å². The lowest BCUT2D eigenvalue weighted by molar-refractivity contribution is 0.607. The van der Waals surface area contributed by atoms with Gasteiger partial charge in [0.25, 0.3) is 0 Å². The predicted molar refractivity (Wildman–Crippen MR) is 81.3 cm³/mol. The molecule has 2 aromatic rings. The zero-order valence-electron chi connectivity index (χ0n) is 9.38. The fourth-order valence-electron chi connectivity index (χ4n) is 1.60. The van der Waals surface area contributed by atoms with Crippen LogP contribution in [0.2, 0.25) is 25.1 Å². The molecule has 2 aromatic carbocycles. The van der Waals surface area contributed by atoms with E-state index < -0.39 is 11.6 Å². The highest BCUT2D eigenvalue weighted by atomic mass is 35.5. The SMILES string of the molecule is Nc1cc(F)c(-c2c(Cl)c(Cl)c(Cl)c(Cl)c2Cl)cc1F. The molecule has 2 rings (SSSR count). The molecule has 8 heteroatoms. The molecule has 1 nitrogen and oxygen atoms in total. The summed E-state index contributed by atoms with van der Waals surface area (Å²) in [4.78, 5) is 0. The zero-order valence-corrected chi connectivity index (χ0v) is 13.2. The van der Waals surface area contributed by atoms with Crippen molar-refractivity contribution in [3.05, 3.63) is 48.9 Å². The van der Waals surface area contributed by atoms with Crippen molar-refractivity contribution in [3.63, 3.8) is 0 Å². The van der Waals surface area contributed by atoms with E-state index in [0.717, 1.165) is 12.1 Å². The van der Waals surface area contributed by atoms with Crippen LogP contribution in [-0.2, 0) is 0 Å². The highest BCUT2D eigenvalue weighted by Crippen LogP contribution is 2.48. The van der Waals surface area contributed by atoms with Gasteiger partial charge in [-0.05, 0) is 6.07 Å². The van der Waals surface area contributed by atoms with Gasteiger partial charge >= 0.3 is 0 Å². The first kappa shape index (κ1) is 15.9. The van der Waals surface area contributed by atoms with E-state index in [0.29, 0.717) is 0 Å². The van der Waals surface area contributed by atoms with Crippen molar-refractivity contribution >= 4 is 63.7 Å². The lowest BCUT2D eigenvalue weighted by Crippen LogP contribution is -1.96. The van der Waals surface area contributed by atoms with Crippen molar-refractivity contribution in [2.75, 3.05) is 5.73 Å². The van der Waals surface area contributed by atoms with Gasteiger partial charge < -0.3 is 5.73 Å². The van der Waals surface area contributed by atoms with Crippen LogP contribution in [0.25, 0.3) is 11.1 Å². The maximum absolute atomic E-state index is 14.0. The Morgan fingerprint density at radius 3 is 1.65 bits per heavy atom. The summed E-state index contributed by atoms with van der Waals surface area (Å²) < 4.78 is 27.5. The average Bonchev–Trinajstić information content (AvgIpc) is 2.40. The molecule has 0 spiro atoms. The van der Waals surface area contributed by atoms with Gasteiger partial charge in [0.1, 0.15) is 11.6 Å². The summed E-state index contributed by atoms with van der Waals surface area (Å²) in [6.45, 7) is 0. The Hall–Kier alpha value is -0.450. The quantitative estimate of drug-likeness (QED) is 0.343. The van der Waals surface area contributed by atoms with Crippen LogP contribution in [0.3, 0.4) is 0 Å². The molecule has 0 heterocycles. The molecule has 0 saturated carbocycles. The van der Waals surface area contributed by atoms with Crippen LogP contribution in [0.15, 0.2) is 12.1 Å². The molecule has 0 saturated heterocycles. The van der Waals surface area contributed by atoms with E-state index in [1.54, 1.807) is 0 Å². The Bertz CT molecular complexity index is 689. The number of rotatable bonds is 1. The van der Waals surface area contributed by atoms with Gasteiger partial charge in [0.2, 0.25) is 0 Å². The highest BCUT2D eigenvalue weighted by molar-refractivity contribution is 6.56. The molecule has 0 aliphatic heterocycles. The minimum absolute atomic E-state index is 0.0517. The normalized spacial score (nSPS) is 10.9. The highest BCUT2D eigenvalue weighted by Gasteiger charge is 2.23. The van der Waals surface area contributed by atoms with Crippen LogP contribution in [-0.4, -0.2) is 0 Å². The molecule has 0 atom stereocenters. The Balaban J connectivity index is 2.87. The van der Waals surface area contributed by atoms with Gasteiger partial charge in [-0.2, -0.15) is 0 Å². The van der Waals surface area contributed by atoms with Gasteiger partial charge in [-0.15, -0.1) is 0 Å². The molecule has 0 bridgehead atoms. The second kappa shape index (κ2) is 5.74. The molecule has 0 amide bonds. The molecule has 2 N–H and O–H groups in total. The number of nitrogen functional groups attached to an aromatic ring is 1. The number of hydrogen-bond donors (Lipinski definition) is 1. The van der Waals surface area contributed by atoms with Gasteiger partial charge in [-0.3, -0.25) is 0 Å². The molecule has 0 fully saturated rings. The number of anilines is 1. The third kappa shape index (κ3) is 2.53. The van der Waals surface area contributed by atoms with Crippen LogP contribution in [0.5, 0.6) is 0 Å². The van der Waals surface area contributed by atoms with Crippen LogP contribution in [0.4, 0.5) is 14.5 Å². The fraction of sp³-hybridized carbons (Fsp3) is 0. The topological polar surface area (TPSA) is 26.0 Å². The first-order valence-corrected chi connectivity index (χ1v) is 6.91. The molecule has 0 aliphatic rings. The third-order valence-electron chi connectivity index (χ3n) is 2.57. The number of nitrogens with two attached hydrogens (primary N) is 1. The summed E-state index contributed by atoms with van der Waals surface area (Å²) in [5, 5.41) is -0.532. The Morgan fingerprint density at radius 2 is 1.15 bits per heavy atom. The third-order valence-corrected chi connectivity index (χ3v) is 4.84. The van der Waals surface area contributed by atoms with Gasteiger partial charge in [-0.25, -0.2) is 8.78 Å². The van der Waals surface area contributed by atoms with Crippen LogP contribution in [0, 0.1) is 11.6 Å². The minimum Gasteiger partial charge on any atom is -0.396 e. The maximum Gasteiger partial charge on any atom is 0.146 e. The Morgan fingerprint density at radius 1 is 0.700 bits per heavy atom. The maximum atomic E-state index is 14.0. The lowest BCUT2D eigenvalue weighted by Gasteiger charge is -2.14. The monoisotopic (exact) mass is 375 g/mol. The molecule has 0 aliphatic carbocycles. The van der Waals surface area contributed by atoms with Crippen molar-refractivity contribution in [2.24, 2.45) is 0 Å². The summed E-state index contributed by atoms with van der Waals surface area (Å²) in [6, 6.07) is 1.67. The summed E-state index contributed by atoms with van der Waals surface area (Å²) in [7, 11) is 0. The second-order valence-corrected chi connectivity index (χ2v) is 5.69. The number of halogens is 7. The zero-order chi connectivity index (χ0) is 15.2. The summed E-state index contributed by atoms with van der Waals surface area (Å²) >= 11 is 29.6. The largest absolute Gasteiger partial charge is 0.396 e. The first-order valence-electron chi connectivity index (χ1n) is 5.02. The number of benzene rings is 2. The minimum atomic E-state index is -0.823. The first-order chi connectivity index (χ1) is 9.25. The van der Waals surface area contributed by atoms with Crippen LogP contribution in [0.1, 0.15) is 0 Å². The molecule has 0 unspecified atom stereocenters. The predicted octanol–water partition coefficient (Wildman–Crippen LogP) is 6.48. The molecule has 106 valence electrons. The smallest absolute Gasteiger partial charge is 0.146 e. The molecular weight excluding hydrogens is 373 g/mol. The van der Waals surface area contributed by atoms with E-state index >= 15 is 0 Å². The van der Waals surface area contributed by atoms with Gasteiger partial charge in [0.05, 0.1) is 30.8 Å². The average molecular weight is 377 g/mol.